The van der Waals surface area contributed by atoms with Gasteiger partial charge in [-0.25, -0.2) is 4.98 Å². The highest BCUT2D eigenvalue weighted by atomic mass is 16.5. The van der Waals surface area contributed by atoms with Crippen LogP contribution in [0, 0.1) is 6.92 Å². The maximum Gasteiger partial charge on any atom is 0.147 e. The summed E-state index contributed by atoms with van der Waals surface area (Å²) >= 11 is 0. The van der Waals surface area contributed by atoms with Crippen molar-refractivity contribution in [3.8, 4) is 17.2 Å². The van der Waals surface area contributed by atoms with E-state index in [1.54, 1.807) is 0 Å². The maximum atomic E-state index is 6.19. The van der Waals surface area contributed by atoms with Gasteiger partial charge in [0.05, 0.1) is 24.2 Å². The van der Waals surface area contributed by atoms with Crippen molar-refractivity contribution < 1.29 is 14.2 Å². The van der Waals surface area contributed by atoms with E-state index in [2.05, 4.69) is 28.5 Å². The Bertz CT molecular complexity index is 1210. The van der Waals surface area contributed by atoms with E-state index in [0.29, 0.717) is 6.61 Å². The van der Waals surface area contributed by atoms with Gasteiger partial charge in [-0.1, -0.05) is 23.8 Å². The molecule has 6 heteroatoms. The molecule has 0 saturated carbocycles. The first-order valence-corrected chi connectivity index (χ1v) is 10.9. The number of anilines is 1. The lowest BCUT2D eigenvalue weighted by molar-refractivity contribution is 0.122. The van der Waals surface area contributed by atoms with E-state index in [0.717, 1.165) is 66.1 Å². The summed E-state index contributed by atoms with van der Waals surface area (Å²) in [7, 11) is 2.01. The van der Waals surface area contributed by atoms with E-state index in [9.17, 15) is 0 Å². The third-order valence-electron chi connectivity index (χ3n) is 5.76. The van der Waals surface area contributed by atoms with Gasteiger partial charge in [0.25, 0.3) is 0 Å². The van der Waals surface area contributed by atoms with Crippen LogP contribution in [0.3, 0.4) is 0 Å². The minimum Gasteiger partial charge on any atom is -0.486 e. The average Bonchev–Trinajstić information content (AvgIpc) is 3.14. The van der Waals surface area contributed by atoms with E-state index >= 15 is 0 Å². The highest BCUT2D eigenvalue weighted by Crippen LogP contribution is 2.29. The topological polar surface area (TPSA) is 48.8 Å². The number of benzene rings is 3. The molecule has 0 unspecified atom stereocenters. The molecule has 0 aliphatic carbocycles. The highest BCUT2D eigenvalue weighted by Gasteiger charge is 2.13. The number of fused-ring (bicyclic) bond motifs is 1. The molecule has 5 rings (SSSR count). The molecule has 3 aromatic carbocycles. The molecule has 164 valence electrons. The van der Waals surface area contributed by atoms with E-state index in [-0.39, 0.29) is 0 Å². The second-order valence-corrected chi connectivity index (χ2v) is 8.04. The third-order valence-corrected chi connectivity index (χ3v) is 5.76. The van der Waals surface area contributed by atoms with Crippen molar-refractivity contribution in [1.82, 2.24) is 9.55 Å². The largest absolute Gasteiger partial charge is 0.486 e. The van der Waals surface area contributed by atoms with Crippen molar-refractivity contribution in [1.29, 1.82) is 0 Å². The summed E-state index contributed by atoms with van der Waals surface area (Å²) in [6.45, 7) is 5.80. The Morgan fingerprint density at radius 2 is 1.66 bits per heavy atom. The molecular weight excluding hydrogens is 402 g/mol. The fourth-order valence-corrected chi connectivity index (χ4v) is 3.90. The van der Waals surface area contributed by atoms with Gasteiger partial charge in [0.15, 0.2) is 0 Å². The summed E-state index contributed by atoms with van der Waals surface area (Å²) in [5.74, 6) is 3.31. The molecule has 0 spiro atoms. The van der Waals surface area contributed by atoms with Gasteiger partial charge in [-0.05, 0) is 43.3 Å². The number of aryl methyl sites for hydroxylation is 2. The Morgan fingerprint density at radius 1 is 0.906 bits per heavy atom. The minimum atomic E-state index is 0.409. The predicted molar refractivity (Wildman–Crippen MR) is 126 cm³/mol. The number of hydrogen-bond acceptors (Lipinski definition) is 5. The number of hydrogen-bond donors (Lipinski definition) is 0. The van der Waals surface area contributed by atoms with Gasteiger partial charge in [0, 0.05) is 38.0 Å². The Kier molecular flexibility index (Phi) is 5.69. The molecule has 1 saturated heterocycles. The van der Waals surface area contributed by atoms with E-state index in [1.165, 1.54) is 5.56 Å². The zero-order valence-electron chi connectivity index (χ0n) is 18.5. The van der Waals surface area contributed by atoms with Crippen molar-refractivity contribution in [2.45, 2.75) is 13.5 Å². The molecule has 1 fully saturated rings. The fraction of sp³-hybridized carbons (Fsp3) is 0.269. The molecular formula is C26H27N3O3. The van der Waals surface area contributed by atoms with Crippen LogP contribution in [0.1, 0.15) is 11.4 Å². The van der Waals surface area contributed by atoms with Crippen molar-refractivity contribution in [2.75, 3.05) is 31.2 Å². The number of rotatable bonds is 6. The maximum absolute atomic E-state index is 6.19. The first kappa shape index (κ1) is 20.4. The molecule has 1 aromatic heterocycles. The highest BCUT2D eigenvalue weighted by molar-refractivity contribution is 5.78. The van der Waals surface area contributed by atoms with Gasteiger partial charge < -0.3 is 23.7 Å². The SMILES string of the molecule is Cc1ccc(OCc2nc3ccc(Oc4cccc(N5CCOCC5)c4)cc3n2C)cc1. The Hall–Kier alpha value is -3.51. The van der Waals surface area contributed by atoms with Crippen LogP contribution in [0.4, 0.5) is 5.69 Å². The van der Waals surface area contributed by atoms with Crippen LogP contribution in [-0.4, -0.2) is 35.9 Å². The molecule has 6 nitrogen and oxygen atoms in total. The van der Waals surface area contributed by atoms with Crippen LogP contribution in [0.5, 0.6) is 17.2 Å². The van der Waals surface area contributed by atoms with Gasteiger partial charge in [-0.15, -0.1) is 0 Å². The van der Waals surface area contributed by atoms with Crippen molar-refractivity contribution in [3.63, 3.8) is 0 Å². The number of imidazole rings is 1. The van der Waals surface area contributed by atoms with Crippen LogP contribution in [0.25, 0.3) is 11.0 Å². The quantitative estimate of drug-likeness (QED) is 0.427. The molecule has 1 aliphatic heterocycles. The number of nitrogens with zero attached hydrogens (tertiary/aromatic N) is 3. The lowest BCUT2D eigenvalue weighted by Gasteiger charge is -2.29. The number of ether oxygens (including phenoxy) is 3. The molecule has 0 amide bonds. The van der Waals surface area contributed by atoms with Crippen molar-refractivity contribution in [3.05, 3.63) is 78.1 Å². The monoisotopic (exact) mass is 429 g/mol. The van der Waals surface area contributed by atoms with E-state index in [1.807, 2.05) is 61.6 Å². The van der Waals surface area contributed by atoms with Crippen LogP contribution >= 0.6 is 0 Å². The zero-order valence-corrected chi connectivity index (χ0v) is 18.5. The molecule has 0 N–H and O–H groups in total. The standard InChI is InChI=1S/C26H27N3O3/c1-19-6-8-21(9-7-19)31-18-26-27-24-11-10-23(17-25(24)28(26)2)32-22-5-3-4-20(16-22)29-12-14-30-15-13-29/h3-11,16-17H,12-15,18H2,1-2H3. The van der Waals surface area contributed by atoms with Gasteiger partial charge in [-0.3, -0.25) is 0 Å². The zero-order chi connectivity index (χ0) is 21.9. The second kappa shape index (κ2) is 8.93. The second-order valence-electron chi connectivity index (χ2n) is 8.04. The number of aromatic nitrogens is 2. The molecule has 0 atom stereocenters. The van der Waals surface area contributed by atoms with Crippen LogP contribution < -0.4 is 14.4 Å². The summed E-state index contributed by atoms with van der Waals surface area (Å²) in [6.07, 6.45) is 0. The predicted octanol–water partition coefficient (Wildman–Crippen LogP) is 5.09. The molecule has 0 radical (unpaired) electrons. The molecule has 4 aromatic rings. The fourth-order valence-electron chi connectivity index (χ4n) is 3.90. The summed E-state index contributed by atoms with van der Waals surface area (Å²) < 4.78 is 19.6. The summed E-state index contributed by atoms with van der Waals surface area (Å²) in [5.41, 5.74) is 4.30. The normalized spacial score (nSPS) is 14.0. The molecule has 0 bridgehead atoms. The summed E-state index contributed by atoms with van der Waals surface area (Å²) in [5, 5.41) is 0. The first-order chi connectivity index (χ1) is 15.7. The van der Waals surface area contributed by atoms with Crippen LogP contribution in [-0.2, 0) is 18.4 Å². The molecule has 2 heterocycles. The first-order valence-electron chi connectivity index (χ1n) is 10.9. The summed E-state index contributed by atoms with van der Waals surface area (Å²) in [6, 6.07) is 22.2. The lowest BCUT2D eigenvalue weighted by Crippen LogP contribution is -2.36. The minimum absolute atomic E-state index is 0.409. The summed E-state index contributed by atoms with van der Waals surface area (Å²) in [4.78, 5) is 7.05. The van der Waals surface area contributed by atoms with Crippen LogP contribution in [0.15, 0.2) is 66.7 Å². The van der Waals surface area contributed by atoms with Gasteiger partial charge in [0.1, 0.15) is 29.7 Å². The van der Waals surface area contributed by atoms with Crippen molar-refractivity contribution in [2.24, 2.45) is 7.05 Å². The van der Waals surface area contributed by atoms with Gasteiger partial charge in [0.2, 0.25) is 0 Å². The Morgan fingerprint density at radius 3 is 2.47 bits per heavy atom. The molecule has 1 aliphatic rings. The molecule has 32 heavy (non-hydrogen) atoms. The van der Waals surface area contributed by atoms with Gasteiger partial charge in [-0.2, -0.15) is 0 Å². The Balaban J connectivity index is 1.32. The Labute approximate surface area is 188 Å². The smallest absolute Gasteiger partial charge is 0.147 e. The third kappa shape index (κ3) is 4.41. The van der Waals surface area contributed by atoms with Crippen molar-refractivity contribution >= 4 is 16.7 Å². The van der Waals surface area contributed by atoms with E-state index in [4.69, 9.17) is 19.2 Å². The van der Waals surface area contributed by atoms with Crippen LogP contribution in [0.2, 0.25) is 0 Å². The lowest BCUT2D eigenvalue weighted by atomic mass is 10.2. The van der Waals surface area contributed by atoms with Gasteiger partial charge >= 0.3 is 0 Å². The number of morpholine rings is 1. The van der Waals surface area contributed by atoms with E-state index < -0.39 is 0 Å². The average molecular weight is 430 g/mol.